The molecule has 1 heterocycles. The summed E-state index contributed by atoms with van der Waals surface area (Å²) in [5.41, 5.74) is 1.49. The number of thiophene rings is 1. The number of benzene rings is 1. The molecule has 0 bridgehead atoms. The Morgan fingerprint density at radius 2 is 1.81 bits per heavy atom. The lowest BCUT2D eigenvalue weighted by Crippen LogP contribution is -2.33. The van der Waals surface area contributed by atoms with Crippen LogP contribution < -0.4 is 14.9 Å². The molecule has 0 radical (unpaired) electrons. The van der Waals surface area contributed by atoms with Crippen LogP contribution in [-0.2, 0) is 10.0 Å². The minimum Gasteiger partial charge on any atom is -0.378 e. The molecule has 0 atom stereocenters. The number of carbonyl (C=O) groups is 1. The SMILES string of the molecule is CN(C)c1ccc(NC(=O)NS(=O)(=O)c2cccs2)cc1. The second-order valence-electron chi connectivity index (χ2n) is 4.43. The Bertz CT molecular complexity index is 708. The van der Waals surface area contributed by atoms with Crippen LogP contribution >= 0.6 is 11.3 Å². The highest BCUT2D eigenvalue weighted by Gasteiger charge is 2.18. The van der Waals surface area contributed by atoms with Gasteiger partial charge >= 0.3 is 6.03 Å². The third-order valence-corrected chi connectivity index (χ3v) is 5.36. The van der Waals surface area contributed by atoms with Crippen molar-refractivity contribution in [1.82, 2.24) is 4.72 Å². The molecule has 1 aromatic heterocycles. The van der Waals surface area contributed by atoms with Gasteiger partial charge in [0.05, 0.1) is 0 Å². The molecule has 1 aromatic carbocycles. The number of hydrogen-bond acceptors (Lipinski definition) is 5. The Labute approximate surface area is 127 Å². The minimum atomic E-state index is -3.81. The van der Waals surface area contributed by atoms with Crippen LogP contribution in [0.5, 0.6) is 0 Å². The van der Waals surface area contributed by atoms with Crippen LogP contribution in [0, 0.1) is 0 Å². The van der Waals surface area contributed by atoms with Gasteiger partial charge in [0.2, 0.25) is 0 Å². The van der Waals surface area contributed by atoms with E-state index in [0.717, 1.165) is 17.0 Å². The fourth-order valence-corrected chi connectivity index (χ4v) is 3.49. The highest BCUT2D eigenvalue weighted by molar-refractivity contribution is 7.92. The number of amides is 2. The maximum atomic E-state index is 11.9. The van der Waals surface area contributed by atoms with Crippen LogP contribution in [0.25, 0.3) is 0 Å². The number of rotatable bonds is 4. The van der Waals surface area contributed by atoms with Gasteiger partial charge in [-0.05, 0) is 35.7 Å². The van der Waals surface area contributed by atoms with Crippen LogP contribution in [0.3, 0.4) is 0 Å². The maximum Gasteiger partial charge on any atom is 0.333 e. The topological polar surface area (TPSA) is 78.5 Å². The Morgan fingerprint density at radius 3 is 2.33 bits per heavy atom. The average Bonchev–Trinajstić information content (AvgIpc) is 2.93. The molecule has 0 aliphatic carbocycles. The first-order valence-corrected chi connectivity index (χ1v) is 8.39. The van der Waals surface area contributed by atoms with Gasteiger partial charge in [-0.2, -0.15) is 0 Å². The predicted octanol–water partition coefficient (Wildman–Crippen LogP) is 2.32. The van der Waals surface area contributed by atoms with Crippen molar-refractivity contribution >= 4 is 38.8 Å². The van der Waals surface area contributed by atoms with Gasteiger partial charge in [0.15, 0.2) is 0 Å². The van der Waals surface area contributed by atoms with Gasteiger partial charge in [-0.25, -0.2) is 17.9 Å². The van der Waals surface area contributed by atoms with E-state index in [1.807, 2.05) is 35.9 Å². The van der Waals surface area contributed by atoms with Gasteiger partial charge in [-0.3, -0.25) is 0 Å². The van der Waals surface area contributed by atoms with Gasteiger partial charge in [0.1, 0.15) is 4.21 Å². The number of nitrogens with zero attached hydrogens (tertiary/aromatic N) is 1. The number of carbonyl (C=O) groups excluding carboxylic acids is 1. The van der Waals surface area contributed by atoms with Gasteiger partial charge < -0.3 is 10.2 Å². The molecular formula is C13H15N3O3S2. The van der Waals surface area contributed by atoms with E-state index >= 15 is 0 Å². The number of anilines is 2. The van der Waals surface area contributed by atoms with E-state index in [-0.39, 0.29) is 4.21 Å². The van der Waals surface area contributed by atoms with Gasteiger partial charge in [-0.1, -0.05) is 6.07 Å². The quantitative estimate of drug-likeness (QED) is 0.904. The lowest BCUT2D eigenvalue weighted by Gasteiger charge is -2.13. The summed E-state index contributed by atoms with van der Waals surface area (Å²) in [5.74, 6) is 0. The smallest absolute Gasteiger partial charge is 0.333 e. The third kappa shape index (κ3) is 3.96. The van der Waals surface area contributed by atoms with Crippen molar-refractivity contribution in [3.8, 4) is 0 Å². The fraction of sp³-hybridized carbons (Fsp3) is 0.154. The molecule has 0 fully saturated rings. The Kier molecular flexibility index (Phi) is 4.49. The summed E-state index contributed by atoms with van der Waals surface area (Å²) in [6, 6.07) is 9.30. The molecule has 2 amide bonds. The largest absolute Gasteiger partial charge is 0.378 e. The van der Waals surface area contributed by atoms with Gasteiger partial charge in [0.25, 0.3) is 10.0 Å². The second-order valence-corrected chi connectivity index (χ2v) is 7.29. The molecule has 0 aliphatic heterocycles. The number of hydrogen-bond donors (Lipinski definition) is 2. The summed E-state index contributed by atoms with van der Waals surface area (Å²) in [6.45, 7) is 0. The molecule has 2 aromatic rings. The molecule has 2 N–H and O–H groups in total. The van der Waals surface area contributed by atoms with Crippen LogP contribution in [0.2, 0.25) is 0 Å². The summed E-state index contributed by atoms with van der Waals surface area (Å²) in [5, 5.41) is 4.11. The number of nitrogens with one attached hydrogen (secondary N) is 2. The van der Waals surface area contributed by atoms with Crippen molar-refractivity contribution in [2.24, 2.45) is 0 Å². The molecule has 6 nitrogen and oxygen atoms in total. The highest BCUT2D eigenvalue weighted by atomic mass is 32.2. The summed E-state index contributed by atoms with van der Waals surface area (Å²) >= 11 is 1.05. The standard InChI is InChI=1S/C13H15N3O3S2/c1-16(2)11-7-5-10(6-8-11)14-13(17)15-21(18,19)12-4-3-9-20-12/h3-9H,1-2H3,(H2,14,15,17). The first kappa shape index (κ1) is 15.3. The van der Waals surface area contributed by atoms with E-state index in [0.29, 0.717) is 5.69 Å². The van der Waals surface area contributed by atoms with Crippen LogP contribution in [0.1, 0.15) is 0 Å². The van der Waals surface area contributed by atoms with Gasteiger partial charge in [-0.15, -0.1) is 11.3 Å². The zero-order chi connectivity index (χ0) is 15.5. The molecule has 0 saturated carbocycles. The summed E-state index contributed by atoms with van der Waals surface area (Å²) < 4.78 is 25.8. The summed E-state index contributed by atoms with van der Waals surface area (Å²) in [4.78, 5) is 13.7. The predicted molar refractivity (Wildman–Crippen MR) is 84.4 cm³/mol. The molecule has 8 heteroatoms. The van der Waals surface area contributed by atoms with Crippen molar-refractivity contribution in [1.29, 1.82) is 0 Å². The lowest BCUT2D eigenvalue weighted by molar-refractivity contribution is 0.256. The number of sulfonamides is 1. The van der Waals surface area contributed by atoms with Crippen LogP contribution in [0.4, 0.5) is 16.2 Å². The molecular weight excluding hydrogens is 310 g/mol. The Morgan fingerprint density at radius 1 is 1.14 bits per heavy atom. The van der Waals surface area contributed by atoms with Crippen molar-refractivity contribution in [2.75, 3.05) is 24.3 Å². The van der Waals surface area contributed by atoms with Crippen LogP contribution in [-0.4, -0.2) is 28.5 Å². The van der Waals surface area contributed by atoms with Gasteiger partial charge in [0, 0.05) is 25.5 Å². The summed E-state index contributed by atoms with van der Waals surface area (Å²) in [7, 11) is 0.00137. The Hall–Kier alpha value is -2.06. The summed E-state index contributed by atoms with van der Waals surface area (Å²) in [6.07, 6.45) is 0. The zero-order valence-electron chi connectivity index (χ0n) is 11.5. The fourth-order valence-electron chi connectivity index (χ4n) is 1.59. The molecule has 112 valence electrons. The van der Waals surface area contributed by atoms with Crippen molar-refractivity contribution in [3.63, 3.8) is 0 Å². The zero-order valence-corrected chi connectivity index (χ0v) is 13.2. The van der Waals surface area contributed by atoms with E-state index < -0.39 is 16.1 Å². The highest BCUT2D eigenvalue weighted by Crippen LogP contribution is 2.17. The van der Waals surface area contributed by atoms with E-state index in [9.17, 15) is 13.2 Å². The van der Waals surface area contributed by atoms with Crippen molar-refractivity contribution in [2.45, 2.75) is 4.21 Å². The lowest BCUT2D eigenvalue weighted by atomic mass is 10.2. The van der Waals surface area contributed by atoms with E-state index in [1.165, 1.54) is 6.07 Å². The average molecular weight is 325 g/mol. The Balaban J connectivity index is 2.02. The van der Waals surface area contributed by atoms with Crippen molar-refractivity contribution in [3.05, 3.63) is 41.8 Å². The first-order valence-electron chi connectivity index (χ1n) is 6.03. The monoisotopic (exact) mass is 325 g/mol. The molecule has 0 aliphatic rings. The number of urea groups is 1. The van der Waals surface area contributed by atoms with E-state index in [1.54, 1.807) is 23.6 Å². The van der Waals surface area contributed by atoms with E-state index in [2.05, 4.69) is 5.32 Å². The molecule has 21 heavy (non-hydrogen) atoms. The normalized spacial score (nSPS) is 11.0. The molecule has 0 unspecified atom stereocenters. The minimum absolute atomic E-state index is 0.0978. The molecule has 0 saturated heterocycles. The first-order chi connectivity index (χ1) is 9.88. The molecule has 2 rings (SSSR count). The molecule has 0 spiro atoms. The maximum absolute atomic E-state index is 11.9. The second kappa shape index (κ2) is 6.15. The van der Waals surface area contributed by atoms with Crippen LogP contribution in [0.15, 0.2) is 46.0 Å². The third-order valence-electron chi connectivity index (χ3n) is 2.63. The van der Waals surface area contributed by atoms with E-state index in [4.69, 9.17) is 0 Å². The van der Waals surface area contributed by atoms with Crippen molar-refractivity contribution < 1.29 is 13.2 Å².